The van der Waals surface area contributed by atoms with E-state index in [4.69, 9.17) is 15.6 Å². The van der Waals surface area contributed by atoms with Gasteiger partial charge in [-0.05, 0) is 17.7 Å². The first-order chi connectivity index (χ1) is 6.22. The highest BCUT2D eigenvalue weighted by atomic mass is 32.1. The van der Waals surface area contributed by atoms with E-state index in [2.05, 4.69) is 12.2 Å². The van der Waals surface area contributed by atoms with Crippen molar-refractivity contribution >= 4 is 17.2 Å². The molecule has 1 rings (SSSR count). The smallest absolute Gasteiger partial charge is 0.138 e. The average molecular weight is 197 g/mol. The number of aliphatic hydroxyl groups is 1. The third kappa shape index (κ3) is 3.40. The third-order valence-electron chi connectivity index (χ3n) is 1.46. The zero-order valence-electron chi connectivity index (χ0n) is 7.06. The summed E-state index contributed by atoms with van der Waals surface area (Å²) in [5, 5.41) is 8.83. The molecule has 3 nitrogen and oxygen atoms in total. The van der Waals surface area contributed by atoms with Crippen LogP contribution in [0.4, 0.5) is 0 Å². The second-order valence-electron chi connectivity index (χ2n) is 2.56. The fourth-order valence-electron chi connectivity index (χ4n) is 0.888. The lowest BCUT2D eigenvalue weighted by Crippen LogP contribution is -2.17. The Labute approximate surface area is 82.1 Å². The van der Waals surface area contributed by atoms with Gasteiger partial charge in [0.2, 0.25) is 0 Å². The van der Waals surface area contributed by atoms with Crippen LogP contribution in [0.2, 0.25) is 0 Å². The van der Waals surface area contributed by atoms with E-state index in [9.17, 15) is 0 Å². The van der Waals surface area contributed by atoms with Crippen molar-refractivity contribution in [2.45, 2.75) is 6.61 Å². The Kier molecular flexibility index (Phi) is 3.67. The summed E-state index contributed by atoms with van der Waals surface area (Å²) in [7, 11) is 0. The molecular formula is C9H11NO2S. The molecule has 0 aliphatic heterocycles. The van der Waals surface area contributed by atoms with E-state index in [1.807, 2.05) is 6.07 Å². The molecule has 0 unspecified atom stereocenters. The van der Waals surface area contributed by atoms with Crippen LogP contribution < -0.4 is 10.5 Å². The number of nitrogens with two attached hydrogens (primary N) is 1. The summed E-state index contributed by atoms with van der Waals surface area (Å²) in [6, 6.07) is 7.16. The highest BCUT2D eigenvalue weighted by molar-refractivity contribution is 7.80. The normalized spacial score (nSPS) is 9.62. The zero-order chi connectivity index (χ0) is 9.68. The summed E-state index contributed by atoms with van der Waals surface area (Å²) < 4.78 is 5.23. The molecule has 0 aromatic heterocycles. The Morgan fingerprint density at radius 3 is 2.92 bits per heavy atom. The van der Waals surface area contributed by atoms with Gasteiger partial charge in [-0.15, -0.1) is 0 Å². The van der Waals surface area contributed by atoms with Gasteiger partial charge in [-0.25, -0.2) is 0 Å². The van der Waals surface area contributed by atoms with E-state index in [-0.39, 0.29) is 13.2 Å². The molecule has 0 atom stereocenters. The van der Waals surface area contributed by atoms with Gasteiger partial charge in [0.25, 0.3) is 0 Å². The van der Waals surface area contributed by atoms with Crippen molar-refractivity contribution in [3.63, 3.8) is 0 Å². The van der Waals surface area contributed by atoms with Gasteiger partial charge in [0.1, 0.15) is 17.3 Å². The molecule has 0 radical (unpaired) electrons. The van der Waals surface area contributed by atoms with Gasteiger partial charge in [0.05, 0.1) is 6.61 Å². The molecule has 0 saturated heterocycles. The van der Waals surface area contributed by atoms with E-state index in [0.29, 0.717) is 10.7 Å². The van der Waals surface area contributed by atoms with E-state index in [0.717, 1.165) is 5.56 Å². The number of aliphatic hydroxyl groups excluding tert-OH is 1. The van der Waals surface area contributed by atoms with Crippen molar-refractivity contribution in [2.75, 3.05) is 6.61 Å². The number of ether oxygens (including phenoxy) is 1. The number of hydrogen-bond donors (Lipinski definition) is 2. The van der Waals surface area contributed by atoms with Crippen LogP contribution in [0, 0.1) is 0 Å². The van der Waals surface area contributed by atoms with E-state index >= 15 is 0 Å². The molecule has 0 saturated carbocycles. The Morgan fingerprint density at radius 1 is 1.54 bits per heavy atom. The summed E-state index contributed by atoms with van der Waals surface area (Å²) in [5.41, 5.74) is 6.07. The quantitative estimate of drug-likeness (QED) is 0.702. The number of benzene rings is 1. The summed E-state index contributed by atoms with van der Waals surface area (Å²) >= 11 is 4.66. The monoisotopic (exact) mass is 197 g/mol. The Morgan fingerprint density at radius 2 is 2.31 bits per heavy atom. The van der Waals surface area contributed by atoms with Crippen molar-refractivity contribution in [3.05, 3.63) is 29.8 Å². The van der Waals surface area contributed by atoms with Crippen molar-refractivity contribution in [2.24, 2.45) is 5.73 Å². The van der Waals surface area contributed by atoms with Crippen molar-refractivity contribution in [3.8, 4) is 5.75 Å². The topological polar surface area (TPSA) is 55.5 Å². The highest BCUT2D eigenvalue weighted by Gasteiger charge is 1.96. The maximum atomic E-state index is 8.83. The number of thiocarbonyl (C=S) groups is 1. The van der Waals surface area contributed by atoms with Crippen LogP contribution in [-0.4, -0.2) is 16.7 Å². The third-order valence-corrected chi connectivity index (χ3v) is 1.58. The lowest BCUT2D eigenvalue weighted by atomic mass is 10.2. The van der Waals surface area contributed by atoms with Crippen LogP contribution >= 0.6 is 12.2 Å². The molecule has 0 bridgehead atoms. The number of rotatable bonds is 4. The first-order valence-corrected chi connectivity index (χ1v) is 4.24. The molecule has 0 spiro atoms. The summed E-state index contributed by atoms with van der Waals surface area (Å²) in [6.07, 6.45) is 0. The first kappa shape index (κ1) is 9.95. The highest BCUT2D eigenvalue weighted by Crippen LogP contribution is 2.12. The Bertz CT molecular complexity index is 301. The minimum Gasteiger partial charge on any atom is -0.486 e. The molecule has 0 aliphatic rings. The lowest BCUT2D eigenvalue weighted by Gasteiger charge is -2.05. The van der Waals surface area contributed by atoms with Gasteiger partial charge in [-0.1, -0.05) is 24.4 Å². The molecule has 1 aromatic rings. The average Bonchev–Trinajstić information content (AvgIpc) is 2.15. The van der Waals surface area contributed by atoms with Gasteiger partial charge in [-0.3, -0.25) is 0 Å². The maximum absolute atomic E-state index is 8.83. The SMILES string of the molecule is NC(=S)COc1cccc(CO)c1. The summed E-state index contributed by atoms with van der Waals surface area (Å²) in [5.74, 6) is 0.666. The van der Waals surface area contributed by atoms with E-state index < -0.39 is 0 Å². The first-order valence-electron chi connectivity index (χ1n) is 3.83. The Hall–Kier alpha value is -1.13. The molecule has 1 aromatic carbocycles. The van der Waals surface area contributed by atoms with Crippen molar-refractivity contribution < 1.29 is 9.84 Å². The Balaban J connectivity index is 2.61. The number of hydrogen-bond acceptors (Lipinski definition) is 3. The summed E-state index contributed by atoms with van der Waals surface area (Å²) in [4.78, 5) is 0.314. The van der Waals surface area contributed by atoms with Crippen LogP contribution in [0.25, 0.3) is 0 Å². The minimum absolute atomic E-state index is 0.00424. The molecule has 0 fully saturated rings. The largest absolute Gasteiger partial charge is 0.486 e. The molecular weight excluding hydrogens is 186 g/mol. The van der Waals surface area contributed by atoms with Gasteiger partial charge >= 0.3 is 0 Å². The maximum Gasteiger partial charge on any atom is 0.138 e. The minimum atomic E-state index is 0.00424. The van der Waals surface area contributed by atoms with Crippen LogP contribution in [0.1, 0.15) is 5.56 Å². The standard InChI is InChI=1S/C9H11NO2S/c10-9(13)6-12-8-3-1-2-7(4-8)5-11/h1-4,11H,5-6H2,(H2,10,13). The second-order valence-corrected chi connectivity index (χ2v) is 3.08. The van der Waals surface area contributed by atoms with Crippen molar-refractivity contribution in [1.82, 2.24) is 0 Å². The second kappa shape index (κ2) is 4.79. The van der Waals surface area contributed by atoms with Crippen LogP contribution in [-0.2, 0) is 6.61 Å². The predicted molar refractivity (Wildman–Crippen MR) is 54.6 cm³/mol. The van der Waals surface area contributed by atoms with Gasteiger partial charge in [-0.2, -0.15) is 0 Å². The molecule has 0 heterocycles. The van der Waals surface area contributed by atoms with E-state index in [1.165, 1.54) is 0 Å². The molecule has 13 heavy (non-hydrogen) atoms. The lowest BCUT2D eigenvalue weighted by molar-refractivity contribution is 0.280. The molecule has 0 aliphatic carbocycles. The van der Waals surface area contributed by atoms with E-state index in [1.54, 1.807) is 18.2 Å². The fraction of sp³-hybridized carbons (Fsp3) is 0.222. The fourth-order valence-corrected chi connectivity index (χ4v) is 0.947. The van der Waals surface area contributed by atoms with Crippen LogP contribution in [0.15, 0.2) is 24.3 Å². The summed E-state index contributed by atoms with van der Waals surface area (Å²) in [6.45, 7) is 0.231. The molecule has 4 heteroatoms. The van der Waals surface area contributed by atoms with Gasteiger partial charge in [0, 0.05) is 0 Å². The van der Waals surface area contributed by atoms with Gasteiger partial charge in [0.15, 0.2) is 0 Å². The predicted octanol–water partition coefficient (Wildman–Crippen LogP) is 0.844. The zero-order valence-corrected chi connectivity index (χ0v) is 7.88. The molecule has 70 valence electrons. The van der Waals surface area contributed by atoms with Gasteiger partial charge < -0.3 is 15.6 Å². The van der Waals surface area contributed by atoms with Crippen molar-refractivity contribution in [1.29, 1.82) is 0 Å². The molecule has 3 N–H and O–H groups in total. The van der Waals surface area contributed by atoms with Crippen LogP contribution in [0.3, 0.4) is 0 Å². The van der Waals surface area contributed by atoms with Crippen LogP contribution in [0.5, 0.6) is 5.75 Å². The molecule has 0 amide bonds.